The second-order valence-electron chi connectivity index (χ2n) is 7.03. The lowest BCUT2D eigenvalue weighted by Crippen LogP contribution is -2.33. The highest BCUT2D eigenvalue weighted by molar-refractivity contribution is 7.89. The smallest absolute Gasteiger partial charge is 0.251 e. The Kier molecular flexibility index (Phi) is 7.22. The van der Waals surface area contributed by atoms with Gasteiger partial charge in [-0.1, -0.05) is 18.2 Å². The third-order valence-corrected chi connectivity index (χ3v) is 6.92. The van der Waals surface area contributed by atoms with Gasteiger partial charge in [0.25, 0.3) is 5.91 Å². The molecular formula is C20H26ClN3O3S. The molecule has 0 bridgehead atoms. The molecule has 0 atom stereocenters. The van der Waals surface area contributed by atoms with E-state index in [1.54, 1.807) is 19.2 Å². The number of benzene rings is 2. The van der Waals surface area contributed by atoms with Crippen LogP contribution in [0.4, 0.5) is 0 Å². The monoisotopic (exact) mass is 423 g/mol. The molecule has 1 aliphatic heterocycles. The number of carbonyl (C=O) groups excluding carboxylic acids is 1. The lowest BCUT2D eigenvalue weighted by molar-refractivity contribution is 0.0951. The number of sulfonamides is 1. The first-order chi connectivity index (χ1) is 12.8. The fourth-order valence-electron chi connectivity index (χ4n) is 2.96. The maximum atomic E-state index is 12.5. The molecule has 0 saturated carbocycles. The van der Waals surface area contributed by atoms with E-state index in [2.05, 4.69) is 22.8 Å². The second-order valence-corrected chi connectivity index (χ2v) is 9.03. The molecule has 1 aliphatic rings. The summed E-state index contributed by atoms with van der Waals surface area (Å²) in [6.07, 6.45) is 0. The first-order valence-electron chi connectivity index (χ1n) is 8.96. The van der Waals surface area contributed by atoms with Crippen molar-refractivity contribution in [3.63, 3.8) is 0 Å². The molecule has 0 fully saturated rings. The van der Waals surface area contributed by atoms with Crippen LogP contribution < -0.4 is 10.6 Å². The van der Waals surface area contributed by atoms with E-state index in [0.29, 0.717) is 12.1 Å². The van der Waals surface area contributed by atoms with Crippen LogP contribution in [-0.4, -0.2) is 31.7 Å². The molecule has 2 N–H and O–H groups in total. The van der Waals surface area contributed by atoms with Crippen LogP contribution in [-0.2, 0) is 29.7 Å². The van der Waals surface area contributed by atoms with Crippen LogP contribution in [0.1, 0.15) is 40.9 Å². The molecule has 0 saturated heterocycles. The maximum Gasteiger partial charge on any atom is 0.251 e. The summed E-state index contributed by atoms with van der Waals surface area (Å²) in [5.74, 6) is -0.227. The average Bonchev–Trinajstić information content (AvgIpc) is 3.13. The number of amides is 1. The lowest BCUT2D eigenvalue weighted by Gasteiger charge is -2.21. The molecule has 8 heteroatoms. The third kappa shape index (κ3) is 4.72. The van der Waals surface area contributed by atoms with E-state index >= 15 is 0 Å². The molecular weight excluding hydrogens is 398 g/mol. The molecule has 1 heterocycles. The van der Waals surface area contributed by atoms with E-state index in [1.165, 1.54) is 27.6 Å². The van der Waals surface area contributed by atoms with Gasteiger partial charge in [0, 0.05) is 38.3 Å². The summed E-state index contributed by atoms with van der Waals surface area (Å²) in [5, 5.41) is 6.18. The third-order valence-electron chi connectivity index (χ3n) is 4.88. The summed E-state index contributed by atoms with van der Waals surface area (Å²) in [6.45, 7) is 5.81. The number of halogens is 1. The molecule has 6 nitrogen and oxygen atoms in total. The maximum absolute atomic E-state index is 12.5. The number of hydrogen-bond acceptors (Lipinski definition) is 4. The van der Waals surface area contributed by atoms with Gasteiger partial charge in [0.05, 0.1) is 4.90 Å². The Labute approximate surface area is 172 Å². The molecule has 0 unspecified atom stereocenters. The Hall–Kier alpha value is -1.93. The fraction of sp³-hybridized carbons (Fsp3) is 0.350. The Morgan fingerprint density at radius 1 is 1.11 bits per heavy atom. The van der Waals surface area contributed by atoms with Gasteiger partial charge in [0.1, 0.15) is 0 Å². The highest BCUT2D eigenvalue weighted by Gasteiger charge is 2.23. The number of carbonyl (C=O) groups is 1. The molecule has 1 amide bonds. The van der Waals surface area contributed by atoms with Crippen LogP contribution in [0.3, 0.4) is 0 Å². The van der Waals surface area contributed by atoms with Crippen molar-refractivity contribution in [3.05, 3.63) is 64.7 Å². The Morgan fingerprint density at radius 2 is 1.75 bits per heavy atom. The Bertz CT molecular complexity index is 944. The van der Waals surface area contributed by atoms with Gasteiger partial charge in [-0.05, 0) is 54.8 Å². The molecule has 152 valence electrons. The van der Waals surface area contributed by atoms with Crippen LogP contribution in [0.15, 0.2) is 47.4 Å². The quantitative estimate of drug-likeness (QED) is 0.748. The highest BCUT2D eigenvalue weighted by atomic mass is 35.5. The predicted molar refractivity (Wildman–Crippen MR) is 112 cm³/mol. The molecule has 2 aromatic rings. The van der Waals surface area contributed by atoms with Gasteiger partial charge in [-0.15, -0.1) is 12.4 Å². The van der Waals surface area contributed by atoms with Crippen molar-refractivity contribution in [3.8, 4) is 0 Å². The van der Waals surface area contributed by atoms with Crippen LogP contribution in [0, 0.1) is 0 Å². The van der Waals surface area contributed by atoms with Gasteiger partial charge >= 0.3 is 0 Å². The van der Waals surface area contributed by atoms with Gasteiger partial charge in [0.2, 0.25) is 10.0 Å². The minimum absolute atomic E-state index is 0. The molecule has 3 rings (SSSR count). The zero-order valence-corrected chi connectivity index (χ0v) is 17.9. The number of nitrogens with zero attached hydrogens (tertiary/aromatic N) is 1. The number of rotatable bonds is 6. The standard InChI is InChI=1S/C20H25N3O3S.ClH/c1-14(2)23(3)27(25,26)19-8-6-16(7-9-19)20(24)22-11-15-4-5-17-12-21-13-18(17)10-15;/h4-10,14,21H,11-13H2,1-3H3,(H,22,24);1H. The summed E-state index contributed by atoms with van der Waals surface area (Å²) in [4.78, 5) is 12.6. The fourth-order valence-corrected chi connectivity index (χ4v) is 4.33. The first kappa shape index (κ1) is 22.4. The molecule has 0 radical (unpaired) electrons. The SMILES string of the molecule is CC(C)N(C)S(=O)(=O)c1ccc(C(=O)NCc2ccc3c(c2)CNC3)cc1.Cl. The van der Waals surface area contributed by atoms with Crippen LogP contribution >= 0.6 is 12.4 Å². The number of hydrogen-bond donors (Lipinski definition) is 2. The zero-order valence-electron chi connectivity index (χ0n) is 16.2. The molecule has 0 aromatic heterocycles. The second kappa shape index (κ2) is 9.05. The van der Waals surface area contributed by atoms with E-state index in [0.717, 1.165) is 18.7 Å². The van der Waals surface area contributed by atoms with Crippen LogP contribution in [0.5, 0.6) is 0 Å². The van der Waals surface area contributed by atoms with Crippen molar-refractivity contribution < 1.29 is 13.2 Å². The van der Waals surface area contributed by atoms with Gasteiger partial charge < -0.3 is 10.6 Å². The number of nitrogens with one attached hydrogen (secondary N) is 2. The van der Waals surface area contributed by atoms with Crippen molar-refractivity contribution in [1.29, 1.82) is 0 Å². The van der Waals surface area contributed by atoms with Crippen molar-refractivity contribution in [2.75, 3.05) is 7.05 Å². The van der Waals surface area contributed by atoms with Gasteiger partial charge in [-0.3, -0.25) is 4.79 Å². The van der Waals surface area contributed by atoms with E-state index in [1.807, 2.05) is 19.9 Å². The summed E-state index contributed by atoms with van der Waals surface area (Å²) < 4.78 is 26.3. The minimum atomic E-state index is -3.55. The van der Waals surface area contributed by atoms with E-state index in [9.17, 15) is 13.2 Å². The highest BCUT2D eigenvalue weighted by Crippen LogP contribution is 2.18. The van der Waals surface area contributed by atoms with E-state index in [4.69, 9.17) is 0 Å². The first-order valence-corrected chi connectivity index (χ1v) is 10.4. The van der Waals surface area contributed by atoms with Gasteiger partial charge in [0.15, 0.2) is 0 Å². The minimum Gasteiger partial charge on any atom is -0.348 e. The van der Waals surface area contributed by atoms with E-state index in [-0.39, 0.29) is 29.3 Å². The Balaban J connectivity index is 0.00000280. The van der Waals surface area contributed by atoms with Crippen molar-refractivity contribution in [2.24, 2.45) is 0 Å². The molecule has 0 aliphatic carbocycles. The summed E-state index contributed by atoms with van der Waals surface area (Å²) in [6, 6.07) is 12.1. The summed E-state index contributed by atoms with van der Waals surface area (Å²) in [5.41, 5.74) is 4.05. The normalized spacial score (nSPS) is 13.3. The van der Waals surface area contributed by atoms with Crippen LogP contribution in [0.25, 0.3) is 0 Å². The largest absolute Gasteiger partial charge is 0.348 e. The summed E-state index contributed by atoms with van der Waals surface area (Å²) >= 11 is 0. The summed E-state index contributed by atoms with van der Waals surface area (Å²) in [7, 11) is -2.00. The Morgan fingerprint density at radius 3 is 2.39 bits per heavy atom. The molecule has 0 spiro atoms. The van der Waals surface area contributed by atoms with Gasteiger partial charge in [-0.25, -0.2) is 8.42 Å². The predicted octanol–water partition coefficient (Wildman–Crippen LogP) is 2.67. The van der Waals surface area contributed by atoms with Crippen molar-refractivity contribution in [2.45, 2.75) is 44.4 Å². The van der Waals surface area contributed by atoms with Crippen molar-refractivity contribution in [1.82, 2.24) is 14.9 Å². The topological polar surface area (TPSA) is 78.5 Å². The van der Waals surface area contributed by atoms with Crippen molar-refractivity contribution >= 4 is 28.3 Å². The molecule has 2 aromatic carbocycles. The van der Waals surface area contributed by atoms with Crippen LogP contribution in [0.2, 0.25) is 0 Å². The van der Waals surface area contributed by atoms with Gasteiger partial charge in [-0.2, -0.15) is 4.31 Å². The van der Waals surface area contributed by atoms with E-state index < -0.39 is 10.0 Å². The average molecular weight is 424 g/mol. The zero-order chi connectivity index (χ0) is 19.6. The number of fused-ring (bicyclic) bond motifs is 1. The lowest BCUT2D eigenvalue weighted by atomic mass is 10.1. The molecule has 28 heavy (non-hydrogen) atoms.